The molecule has 0 bridgehead atoms. The summed E-state index contributed by atoms with van der Waals surface area (Å²) < 4.78 is 13.2. The van der Waals surface area contributed by atoms with Crippen molar-refractivity contribution in [2.75, 3.05) is 0 Å². The zero-order valence-corrected chi connectivity index (χ0v) is 11.2. The number of aryl methyl sites for hydroxylation is 1. The minimum atomic E-state index is -0.945. The van der Waals surface area contributed by atoms with Crippen LogP contribution in [0.15, 0.2) is 47.4 Å². The molecule has 2 aromatic rings. The van der Waals surface area contributed by atoms with Crippen molar-refractivity contribution < 1.29 is 14.3 Å². The van der Waals surface area contributed by atoms with Crippen molar-refractivity contribution >= 4 is 17.7 Å². The van der Waals surface area contributed by atoms with Crippen LogP contribution in [0.5, 0.6) is 0 Å². The first-order valence-corrected chi connectivity index (χ1v) is 6.76. The highest BCUT2D eigenvalue weighted by atomic mass is 32.2. The Bertz CT molecular complexity index is 611. The second-order valence-electron chi connectivity index (χ2n) is 4.16. The Morgan fingerprint density at radius 2 is 2.00 bits per heavy atom. The summed E-state index contributed by atoms with van der Waals surface area (Å²) in [6.07, 6.45) is 0. The molecule has 0 fully saturated rings. The average Bonchev–Trinajstić information content (AvgIpc) is 2.40. The van der Waals surface area contributed by atoms with E-state index in [1.165, 1.54) is 23.9 Å². The van der Waals surface area contributed by atoms with Crippen LogP contribution in [0.25, 0.3) is 0 Å². The van der Waals surface area contributed by atoms with E-state index in [0.717, 1.165) is 11.1 Å². The lowest BCUT2D eigenvalue weighted by Crippen LogP contribution is -1.98. The van der Waals surface area contributed by atoms with Gasteiger partial charge in [-0.3, -0.25) is 0 Å². The van der Waals surface area contributed by atoms with Crippen LogP contribution in [0.1, 0.15) is 21.5 Å². The van der Waals surface area contributed by atoms with Crippen molar-refractivity contribution in [3.8, 4) is 0 Å². The SMILES string of the molecule is Cc1ccc(F)cc1CSc1ccccc1C(=O)O. The number of carboxylic acid groups (broad SMARTS) is 1. The molecular formula is C15H13FO2S. The molecule has 0 amide bonds. The van der Waals surface area contributed by atoms with Gasteiger partial charge in [0.1, 0.15) is 5.82 Å². The minimum absolute atomic E-state index is 0.271. The number of aromatic carboxylic acids is 1. The lowest BCUT2D eigenvalue weighted by molar-refractivity contribution is 0.0693. The predicted octanol–water partition coefficient (Wildman–Crippen LogP) is 4.12. The average molecular weight is 276 g/mol. The van der Waals surface area contributed by atoms with E-state index in [0.29, 0.717) is 10.6 Å². The van der Waals surface area contributed by atoms with Crippen LogP contribution in [0, 0.1) is 12.7 Å². The zero-order valence-electron chi connectivity index (χ0n) is 10.4. The molecule has 0 heterocycles. The highest BCUT2D eigenvalue weighted by Crippen LogP contribution is 2.27. The molecule has 0 aliphatic carbocycles. The van der Waals surface area contributed by atoms with Gasteiger partial charge in [0, 0.05) is 10.6 Å². The van der Waals surface area contributed by atoms with Crippen LogP contribution in [0.4, 0.5) is 4.39 Å². The van der Waals surface area contributed by atoms with E-state index in [1.54, 1.807) is 30.3 Å². The number of rotatable bonds is 4. The first-order chi connectivity index (χ1) is 9.08. The second kappa shape index (κ2) is 5.89. The molecule has 1 N–H and O–H groups in total. The molecule has 2 aromatic carbocycles. The predicted molar refractivity (Wildman–Crippen MR) is 74.1 cm³/mol. The van der Waals surface area contributed by atoms with Crippen LogP contribution < -0.4 is 0 Å². The number of hydrogen-bond donors (Lipinski definition) is 1. The Morgan fingerprint density at radius 3 is 2.74 bits per heavy atom. The summed E-state index contributed by atoms with van der Waals surface area (Å²) >= 11 is 1.40. The molecule has 0 aromatic heterocycles. The third kappa shape index (κ3) is 3.35. The van der Waals surface area contributed by atoms with E-state index in [4.69, 9.17) is 5.11 Å². The summed E-state index contributed by atoms with van der Waals surface area (Å²) in [6, 6.07) is 11.5. The molecule has 0 aliphatic rings. The van der Waals surface area contributed by atoms with E-state index in [1.807, 2.05) is 6.92 Å². The Kier molecular flexibility index (Phi) is 4.22. The Hall–Kier alpha value is -1.81. The number of carboxylic acids is 1. The normalized spacial score (nSPS) is 10.4. The van der Waals surface area contributed by atoms with Crippen molar-refractivity contribution in [2.45, 2.75) is 17.6 Å². The molecular weight excluding hydrogens is 263 g/mol. The Labute approximate surface area is 115 Å². The lowest BCUT2D eigenvalue weighted by atomic mass is 10.1. The Morgan fingerprint density at radius 1 is 1.26 bits per heavy atom. The third-order valence-electron chi connectivity index (χ3n) is 2.81. The van der Waals surface area contributed by atoms with Gasteiger partial charge in [-0.1, -0.05) is 18.2 Å². The number of carbonyl (C=O) groups is 1. The molecule has 2 rings (SSSR count). The molecule has 0 saturated heterocycles. The zero-order chi connectivity index (χ0) is 13.8. The number of thioether (sulfide) groups is 1. The van der Waals surface area contributed by atoms with E-state index in [9.17, 15) is 9.18 Å². The maximum atomic E-state index is 13.2. The summed E-state index contributed by atoms with van der Waals surface area (Å²) in [4.78, 5) is 11.8. The van der Waals surface area contributed by atoms with E-state index >= 15 is 0 Å². The monoisotopic (exact) mass is 276 g/mol. The molecule has 0 atom stereocenters. The second-order valence-corrected chi connectivity index (χ2v) is 5.18. The molecule has 0 unspecified atom stereocenters. The molecule has 98 valence electrons. The fraction of sp³-hybridized carbons (Fsp3) is 0.133. The van der Waals surface area contributed by atoms with Crippen molar-refractivity contribution in [1.29, 1.82) is 0 Å². The van der Waals surface area contributed by atoms with Crippen LogP contribution in [-0.4, -0.2) is 11.1 Å². The Balaban J connectivity index is 2.19. The largest absolute Gasteiger partial charge is 0.478 e. The molecule has 2 nitrogen and oxygen atoms in total. The first-order valence-electron chi connectivity index (χ1n) is 5.78. The summed E-state index contributed by atoms with van der Waals surface area (Å²) in [7, 11) is 0. The van der Waals surface area contributed by atoms with Crippen LogP contribution in [0.2, 0.25) is 0 Å². The van der Waals surface area contributed by atoms with Gasteiger partial charge in [0.15, 0.2) is 0 Å². The van der Waals surface area contributed by atoms with E-state index in [-0.39, 0.29) is 11.4 Å². The fourth-order valence-electron chi connectivity index (χ4n) is 1.72. The van der Waals surface area contributed by atoms with Crippen molar-refractivity contribution in [1.82, 2.24) is 0 Å². The van der Waals surface area contributed by atoms with E-state index < -0.39 is 5.97 Å². The lowest BCUT2D eigenvalue weighted by Gasteiger charge is -2.08. The fourth-order valence-corrected chi connectivity index (χ4v) is 2.83. The maximum absolute atomic E-state index is 13.2. The topological polar surface area (TPSA) is 37.3 Å². The van der Waals surface area contributed by atoms with Crippen molar-refractivity contribution in [2.24, 2.45) is 0 Å². The van der Waals surface area contributed by atoms with E-state index in [2.05, 4.69) is 0 Å². The molecule has 4 heteroatoms. The van der Waals surface area contributed by atoms with Crippen LogP contribution in [-0.2, 0) is 5.75 Å². The molecule has 0 aliphatic heterocycles. The van der Waals surface area contributed by atoms with Gasteiger partial charge in [-0.25, -0.2) is 9.18 Å². The van der Waals surface area contributed by atoms with Crippen molar-refractivity contribution in [3.05, 3.63) is 65.0 Å². The summed E-state index contributed by atoms with van der Waals surface area (Å²) in [6.45, 7) is 1.92. The summed E-state index contributed by atoms with van der Waals surface area (Å²) in [5, 5.41) is 9.09. The standard InChI is InChI=1S/C15H13FO2S/c1-10-6-7-12(16)8-11(10)9-19-14-5-3-2-4-13(14)15(17)18/h2-8H,9H2,1H3,(H,17,18). The van der Waals surface area contributed by atoms with Gasteiger partial charge >= 0.3 is 5.97 Å². The molecule has 0 saturated carbocycles. The van der Waals surface area contributed by atoms with Gasteiger partial charge in [-0.05, 0) is 42.3 Å². The van der Waals surface area contributed by atoms with Gasteiger partial charge in [0.05, 0.1) is 5.56 Å². The van der Waals surface area contributed by atoms with Crippen LogP contribution >= 0.6 is 11.8 Å². The van der Waals surface area contributed by atoms with Gasteiger partial charge < -0.3 is 5.11 Å². The van der Waals surface area contributed by atoms with Crippen molar-refractivity contribution in [3.63, 3.8) is 0 Å². The van der Waals surface area contributed by atoms with Gasteiger partial charge in [0.2, 0.25) is 0 Å². The minimum Gasteiger partial charge on any atom is -0.478 e. The van der Waals surface area contributed by atoms with Gasteiger partial charge in [0.25, 0.3) is 0 Å². The molecule has 19 heavy (non-hydrogen) atoms. The third-order valence-corrected chi connectivity index (χ3v) is 3.93. The molecule has 0 spiro atoms. The number of halogens is 1. The highest BCUT2D eigenvalue weighted by molar-refractivity contribution is 7.98. The quantitative estimate of drug-likeness (QED) is 0.853. The van der Waals surface area contributed by atoms with Gasteiger partial charge in [-0.15, -0.1) is 11.8 Å². The first kappa shape index (κ1) is 13.6. The molecule has 0 radical (unpaired) electrons. The number of benzene rings is 2. The van der Waals surface area contributed by atoms with Crippen LogP contribution in [0.3, 0.4) is 0 Å². The number of hydrogen-bond acceptors (Lipinski definition) is 2. The summed E-state index contributed by atoms with van der Waals surface area (Å²) in [5.74, 6) is -0.666. The van der Waals surface area contributed by atoms with Gasteiger partial charge in [-0.2, -0.15) is 0 Å². The highest BCUT2D eigenvalue weighted by Gasteiger charge is 2.10. The smallest absolute Gasteiger partial charge is 0.336 e. The summed E-state index contributed by atoms with van der Waals surface area (Å²) in [5.41, 5.74) is 2.16. The maximum Gasteiger partial charge on any atom is 0.336 e.